The molecule has 0 saturated carbocycles. The number of ether oxygens (including phenoxy) is 1. The molecule has 3 rings (SSSR count). The SMILES string of the molecule is CCOC(Cc1ccc(SCC=Cc2ccc(-c3ccccc3)cc2)cc1)C(=O)O. The Bertz CT molecular complexity index is 948. The second-order valence-electron chi connectivity index (χ2n) is 6.83. The highest BCUT2D eigenvalue weighted by atomic mass is 32.2. The summed E-state index contributed by atoms with van der Waals surface area (Å²) in [6, 6.07) is 26.9. The van der Waals surface area contributed by atoms with Gasteiger partial charge in [-0.1, -0.05) is 78.9 Å². The third kappa shape index (κ3) is 6.61. The minimum atomic E-state index is -0.919. The third-order valence-corrected chi connectivity index (χ3v) is 5.63. The Labute approximate surface area is 182 Å². The van der Waals surface area contributed by atoms with Gasteiger partial charge in [-0.25, -0.2) is 4.79 Å². The van der Waals surface area contributed by atoms with E-state index in [1.54, 1.807) is 18.7 Å². The zero-order chi connectivity index (χ0) is 21.2. The van der Waals surface area contributed by atoms with Gasteiger partial charge in [0.25, 0.3) is 0 Å². The molecule has 0 heterocycles. The zero-order valence-corrected chi connectivity index (χ0v) is 17.8. The maximum atomic E-state index is 11.2. The van der Waals surface area contributed by atoms with Crippen LogP contribution in [0.15, 0.2) is 89.8 Å². The van der Waals surface area contributed by atoms with Crippen LogP contribution in [0.25, 0.3) is 17.2 Å². The summed E-state index contributed by atoms with van der Waals surface area (Å²) in [7, 11) is 0. The maximum Gasteiger partial charge on any atom is 0.333 e. The quantitative estimate of drug-likeness (QED) is 0.399. The zero-order valence-electron chi connectivity index (χ0n) is 17.0. The molecule has 30 heavy (non-hydrogen) atoms. The first-order valence-electron chi connectivity index (χ1n) is 10.0. The lowest BCUT2D eigenvalue weighted by atomic mass is 10.0. The summed E-state index contributed by atoms with van der Waals surface area (Å²) in [4.78, 5) is 12.4. The predicted molar refractivity (Wildman–Crippen MR) is 125 cm³/mol. The van der Waals surface area contributed by atoms with Crippen molar-refractivity contribution in [2.75, 3.05) is 12.4 Å². The van der Waals surface area contributed by atoms with Crippen LogP contribution in [0.3, 0.4) is 0 Å². The smallest absolute Gasteiger partial charge is 0.333 e. The molecule has 0 aromatic heterocycles. The Morgan fingerprint density at radius 3 is 2.27 bits per heavy atom. The third-order valence-electron chi connectivity index (χ3n) is 4.66. The van der Waals surface area contributed by atoms with E-state index >= 15 is 0 Å². The topological polar surface area (TPSA) is 46.5 Å². The van der Waals surface area contributed by atoms with Gasteiger partial charge in [-0.15, -0.1) is 11.8 Å². The largest absolute Gasteiger partial charge is 0.479 e. The minimum Gasteiger partial charge on any atom is -0.479 e. The summed E-state index contributed by atoms with van der Waals surface area (Å²) in [5.74, 6) is -0.0477. The number of benzene rings is 3. The van der Waals surface area contributed by atoms with Crippen LogP contribution in [-0.2, 0) is 16.0 Å². The number of rotatable bonds is 10. The molecule has 1 atom stereocenters. The van der Waals surface area contributed by atoms with Crippen molar-refractivity contribution >= 4 is 23.8 Å². The molecule has 4 heteroatoms. The molecule has 0 aliphatic carbocycles. The van der Waals surface area contributed by atoms with Crippen LogP contribution in [0.4, 0.5) is 0 Å². The molecule has 0 radical (unpaired) electrons. The fourth-order valence-electron chi connectivity index (χ4n) is 3.10. The van der Waals surface area contributed by atoms with Crippen LogP contribution in [0.2, 0.25) is 0 Å². The molecule has 3 nitrogen and oxygen atoms in total. The average molecular weight is 419 g/mol. The van der Waals surface area contributed by atoms with Gasteiger partial charge in [-0.2, -0.15) is 0 Å². The van der Waals surface area contributed by atoms with E-state index in [9.17, 15) is 9.90 Å². The van der Waals surface area contributed by atoms with Gasteiger partial charge >= 0.3 is 5.97 Å². The lowest BCUT2D eigenvalue weighted by molar-refractivity contribution is -0.149. The van der Waals surface area contributed by atoms with Gasteiger partial charge in [0.15, 0.2) is 6.10 Å². The molecule has 1 N–H and O–H groups in total. The van der Waals surface area contributed by atoms with E-state index < -0.39 is 12.1 Å². The molecule has 0 amide bonds. The van der Waals surface area contributed by atoms with Gasteiger partial charge < -0.3 is 9.84 Å². The van der Waals surface area contributed by atoms with Gasteiger partial charge in [0.1, 0.15) is 0 Å². The fraction of sp³-hybridized carbons (Fsp3) is 0.192. The Kier molecular flexibility index (Phi) is 8.30. The van der Waals surface area contributed by atoms with E-state index in [-0.39, 0.29) is 0 Å². The summed E-state index contributed by atoms with van der Waals surface area (Å²) in [5.41, 5.74) is 4.59. The molecule has 0 bridgehead atoms. The normalized spacial score (nSPS) is 12.2. The molecule has 0 fully saturated rings. The summed E-state index contributed by atoms with van der Waals surface area (Å²) >= 11 is 1.75. The molecular formula is C26H26O3S. The lowest BCUT2D eigenvalue weighted by Gasteiger charge is -2.12. The molecule has 0 saturated heterocycles. The van der Waals surface area contributed by atoms with Gasteiger partial charge in [-0.05, 0) is 41.3 Å². The highest BCUT2D eigenvalue weighted by Gasteiger charge is 2.17. The average Bonchev–Trinajstić information content (AvgIpc) is 2.78. The van der Waals surface area contributed by atoms with Crippen molar-refractivity contribution in [1.82, 2.24) is 0 Å². The number of carbonyl (C=O) groups is 1. The van der Waals surface area contributed by atoms with Crippen molar-refractivity contribution in [1.29, 1.82) is 0 Å². The minimum absolute atomic E-state index is 0.382. The first-order valence-corrected chi connectivity index (χ1v) is 11.0. The number of aliphatic carboxylic acids is 1. The van der Waals surface area contributed by atoms with Crippen LogP contribution in [0.5, 0.6) is 0 Å². The maximum absolute atomic E-state index is 11.2. The van der Waals surface area contributed by atoms with Crippen molar-refractivity contribution in [2.24, 2.45) is 0 Å². The Morgan fingerprint density at radius 1 is 0.967 bits per heavy atom. The molecule has 3 aromatic carbocycles. The highest BCUT2D eigenvalue weighted by molar-refractivity contribution is 7.99. The number of carboxylic acid groups (broad SMARTS) is 1. The number of carboxylic acids is 1. The van der Waals surface area contributed by atoms with E-state index in [1.807, 2.05) is 30.3 Å². The highest BCUT2D eigenvalue weighted by Crippen LogP contribution is 2.22. The second kappa shape index (κ2) is 11.4. The van der Waals surface area contributed by atoms with Crippen LogP contribution < -0.4 is 0 Å². The number of hydrogen-bond donors (Lipinski definition) is 1. The molecule has 3 aromatic rings. The van der Waals surface area contributed by atoms with E-state index in [1.165, 1.54) is 16.7 Å². The first kappa shape index (κ1) is 21.9. The monoisotopic (exact) mass is 418 g/mol. The van der Waals surface area contributed by atoms with Crippen LogP contribution >= 0.6 is 11.8 Å². The first-order chi connectivity index (χ1) is 14.7. The molecule has 1 unspecified atom stereocenters. The Balaban J connectivity index is 1.49. The fourth-order valence-corrected chi connectivity index (χ4v) is 3.81. The molecular weight excluding hydrogens is 392 g/mol. The molecule has 0 spiro atoms. The Hall–Kier alpha value is -2.82. The molecule has 0 aliphatic heterocycles. The summed E-state index contributed by atoms with van der Waals surface area (Å²) in [6.07, 6.45) is 3.89. The van der Waals surface area contributed by atoms with Crippen molar-refractivity contribution < 1.29 is 14.6 Å². The molecule has 154 valence electrons. The summed E-state index contributed by atoms with van der Waals surface area (Å²) in [5, 5.41) is 9.19. The van der Waals surface area contributed by atoms with E-state index in [0.717, 1.165) is 16.2 Å². The van der Waals surface area contributed by atoms with Crippen molar-refractivity contribution in [3.8, 4) is 11.1 Å². The Morgan fingerprint density at radius 2 is 1.63 bits per heavy atom. The van der Waals surface area contributed by atoms with Crippen molar-refractivity contribution in [2.45, 2.75) is 24.3 Å². The lowest BCUT2D eigenvalue weighted by Crippen LogP contribution is -2.26. The van der Waals surface area contributed by atoms with Crippen LogP contribution in [0.1, 0.15) is 18.1 Å². The van der Waals surface area contributed by atoms with Crippen LogP contribution in [0, 0.1) is 0 Å². The van der Waals surface area contributed by atoms with Gasteiger partial charge in [-0.3, -0.25) is 0 Å². The van der Waals surface area contributed by atoms with Crippen LogP contribution in [-0.4, -0.2) is 29.5 Å². The predicted octanol–water partition coefficient (Wildman–Crippen LogP) is 6.19. The summed E-state index contributed by atoms with van der Waals surface area (Å²) in [6.45, 7) is 2.20. The van der Waals surface area contributed by atoms with Gasteiger partial charge in [0, 0.05) is 23.7 Å². The van der Waals surface area contributed by atoms with Crippen molar-refractivity contribution in [3.63, 3.8) is 0 Å². The molecule has 0 aliphatic rings. The van der Waals surface area contributed by atoms with E-state index in [2.05, 4.69) is 60.7 Å². The second-order valence-corrected chi connectivity index (χ2v) is 7.93. The number of hydrogen-bond acceptors (Lipinski definition) is 3. The number of thioether (sulfide) groups is 1. The summed E-state index contributed by atoms with van der Waals surface area (Å²) < 4.78 is 5.28. The van der Waals surface area contributed by atoms with Gasteiger partial charge in [0.2, 0.25) is 0 Å². The van der Waals surface area contributed by atoms with E-state index in [4.69, 9.17) is 4.74 Å². The van der Waals surface area contributed by atoms with Crippen molar-refractivity contribution in [3.05, 3.63) is 96.1 Å². The standard InChI is InChI=1S/C26H26O3S/c1-2-29-25(26(27)28)19-21-12-16-24(17-13-21)30-18-6-7-20-10-14-23(15-11-20)22-8-4-3-5-9-22/h3-17,25H,2,18-19H2,1H3,(H,27,28). The van der Waals surface area contributed by atoms with E-state index in [0.29, 0.717) is 13.0 Å². The van der Waals surface area contributed by atoms with Gasteiger partial charge in [0.05, 0.1) is 0 Å².